The summed E-state index contributed by atoms with van der Waals surface area (Å²) < 4.78 is 10.4. The molecule has 0 bridgehead atoms. The maximum absolute atomic E-state index is 11.4. The Morgan fingerprint density at radius 2 is 2.06 bits per heavy atom. The summed E-state index contributed by atoms with van der Waals surface area (Å²) in [7, 11) is 0. The first kappa shape index (κ1) is 13.3. The number of benzene rings is 1. The van der Waals surface area contributed by atoms with Gasteiger partial charge in [-0.05, 0) is 31.9 Å². The Morgan fingerprint density at radius 3 is 2.71 bits per heavy atom. The highest BCUT2D eigenvalue weighted by Gasteiger charge is 2.05. The Hall–Kier alpha value is -1.77. The van der Waals surface area contributed by atoms with Crippen LogP contribution in [0.2, 0.25) is 0 Å². The van der Waals surface area contributed by atoms with Crippen LogP contribution in [0.5, 0.6) is 5.75 Å². The van der Waals surface area contributed by atoms with Gasteiger partial charge >= 0.3 is 5.97 Å². The highest BCUT2D eigenvalue weighted by molar-refractivity contribution is 5.87. The molecule has 0 amide bonds. The van der Waals surface area contributed by atoms with Crippen LogP contribution in [-0.4, -0.2) is 12.6 Å². The number of ether oxygens (including phenoxy) is 2. The number of hydrogen-bond acceptors (Lipinski definition) is 3. The lowest BCUT2D eigenvalue weighted by Crippen LogP contribution is -2.07. The number of carbonyl (C=O) groups is 1. The number of para-hydroxylation sites is 1. The third kappa shape index (κ3) is 4.31. The third-order valence-electron chi connectivity index (χ3n) is 2.22. The van der Waals surface area contributed by atoms with Crippen LogP contribution in [0.3, 0.4) is 0 Å². The SMILES string of the molecule is CCCOC(=O)C(C)=COc1ccccc1C. The van der Waals surface area contributed by atoms with Crippen LogP contribution >= 0.6 is 0 Å². The second kappa shape index (κ2) is 6.74. The maximum Gasteiger partial charge on any atom is 0.336 e. The van der Waals surface area contributed by atoms with Gasteiger partial charge in [0.1, 0.15) is 12.0 Å². The molecular formula is C14H18O3. The van der Waals surface area contributed by atoms with E-state index in [1.807, 2.05) is 38.1 Å². The van der Waals surface area contributed by atoms with Gasteiger partial charge in [-0.25, -0.2) is 4.79 Å². The fraction of sp³-hybridized carbons (Fsp3) is 0.357. The summed E-state index contributed by atoms with van der Waals surface area (Å²) in [5.74, 6) is 0.413. The minimum atomic E-state index is -0.333. The zero-order valence-electron chi connectivity index (χ0n) is 10.5. The Labute approximate surface area is 102 Å². The predicted molar refractivity (Wildman–Crippen MR) is 66.8 cm³/mol. The molecule has 0 saturated heterocycles. The van der Waals surface area contributed by atoms with Crippen molar-refractivity contribution in [1.82, 2.24) is 0 Å². The van der Waals surface area contributed by atoms with E-state index in [0.717, 1.165) is 17.7 Å². The van der Waals surface area contributed by atoms with E-state index in [9.17, 15) is 4.79 Å². The summed E-state index contributed by atoms with van der Waals surface area (Å²) >= 11 is 0. The molecule has 0 aliphatic heterocycles. The lowest BCUT2D eigenvalue weighted by atomic mass is 10.2. The van der Waals surface area contributed by atoms with E-state index in [-0.39, 0.29) is 5.97 Å². The zero-order valence-corrected chi connectivity index (χ0v) is 10.5. The van der Waals surface area contributed by atoms with E-state index in [1.54, 1.807) is 6.92 Å². The summed E-state index contributed by atoms with van der Waals surface area (Å²) in [6.45, 7) is 6.02. The Bertz CT molecular complexity index is 408. The molecule has 0 radical (unpaired) electrons. The first-order valence-corrected chi connectivity index (χ1v) is 5.71. The van der Waals surface area contributed by atoms with Gasteiger partial charge in [-0.3, -0.25) is 0 Å². The summed E-state index contributed by atoms with van der Waals surface area (Å²) in [5.41, 5.74) is 1.49. The van der Waals surface area contributed by atoms with Gasteiger partial charge in [-0.15, -0.1) is 0 Å². The Morgan fingerprint density at radius 1 is 1.35 bits per heavy atom. The maximum atomic E-state index is 11.4. The van der Waals surface area contributed by atoms with Crippen LogP contribution < -0.4 is 4.74 Å². The normalized spacial score (nSPS) is 11.1. The molecule has 3 heteroatoms. The van der Waals surface area contributed by atoms with Crippen LogP contribution in [0, 0.1) is 6.92 Å². The highest BCUT2D eigenvalue weighted by atomic mass is 16.5. The summed E-state index contributed by atoms with van der Waals surface area (Å²) in [5, 5.41) is 0. The average Bonchev–Trinajstić information content (AvgIpc) is 2.34. The zero-order chi connectivity index (χ0) is 12.7. The molecule has 0 aliphatic carbocycles. The topological polar surface area (TPSA) is 35.5 Å². The average molecular weight is 234 g/mol. The molecule has 0 saturated carbocycles. The van der Waals surface area contributed by atoms with Crippen LogP contribution in [-0.2, 0) is 9.53 Å². The summed E-state index contributed by atoms with van der Waals surface area (Å²) in [4.78, 5) is 11.4. The fourth-order valence-electron chi connectivity index (χ4n) is 1.20. The molecule has 1 aromatic rings. The number of rotatable bonds is 5. The quantitative estimate of drug-likeness (QED) is 0.446. The van der Waals surface area contributed by atoms with Gasteiger partial charge in [0.05, 0.1) is 12.2 Å². The van der Waals surface area contributed by atoms with E-state index in [0.29, 0.717) is 12.2 Å². The molecule has 0 spiro atoms. The van der Waals surface area contributed by atoms with Crippen LogP contribution in [0.15, 0.2) is 36.1 Å². The molecule has 0 fully saturated rings. The van der Waals surface area contributed by atoms with Crippen molar-refractivity contribution in [2.45, 2.75) is 27.2 Å². The molecule has 3 nitrogen and oxygen atoms in total. The molecule has 0 heterocycles. The van der Waals surface area contributed by atoms with Gasteiger partial charge < -0.3 is 9.47 Å². The lowest BCUT2D eigenvalue weighted by molar-refractivity contribution is -0.139. The van der Waals surface area contributed by atoms with Gasteiger partial charge in [-0.1, -0.05) is 25.1 Å². The van der Waals surface area contributed by atoms with E-state index in [1.165, 1.54) is 6.26 Å². The van der Waals surface area contributed by atoms with Crippen molar-refractivity contribution < 1.29 is 14.3 Å². The molecule has 0 atom stereocenters. The molecule has 17 heavy (non-hydrogen) atoms. The number of hydrogen-bond donors (Lipinski definition) is 0. The van der Waals surface area contributed by atoms with Gasteiger partial charge in [0.25, 0.3) is 0 Å². The second-order valence-electron chi connectivity index (χ2n) is 3.82. The molecule has 1 aromatic carbocycles. The van der Waals surface area contributed by atoms with E-state index >= 15 is 0 Å². The number of carbonyl (C=O) groups excluding carboxylic acids is 1. The van der Waals surface area contributed by atoms with E-state index in [4.69, 9.17) is 9.47 Å². The monoisotopic (exact) mass is 234 g/mol. The molecule has 0 aromatic heterocycles. The molecular weight excluding hydrogens is 216 g/mol. The van der Waals surface area contributed by atoms with Gasteiger partial charge in [0, 0.05) is 0 Å². The van der Waals surface area contributed by atoms with Crippen molar-refractivity contribution in [2.24, 2.45) is 0 Å². The van der Waals surface area contributed by atoms with Crippen LogP contribution in [0.1, 0.15) is 25.8 Å². The third-order valence-corrected chi connectivity index (χ3v) is 2.22. The van der Waals surface area contributed by atoms with Crippen LogP contribution in [0.4, 0.5) is 0 Å². The molecule has 0 aliphatic rings. The van der Waals surface area contributed by atoms with Gasteiger partial charge in [-0.2, -0.15) is 0 Å². The first-order valence-electron chi connectivity index (χ1n) is 5.71. The smallest absolute Gasteiger partial charge is 0.336 e. The number of aryl methyl sites for hydroxylation is 1. The van der Waals surface area contributed by atoms with Crippen molar-refractivity contribution in [3.63, 3.8) is 0 Å². The van der Waals surface area contributed by atoms with E-state index in [2.05, 4.69) is 0 Å². The lowest BCUT2D eigenvalue weighted by Gasteiger charge is -2.06. The number of esters is 1. The summed E-state index contributed by atoms with van der Waals surface area (Å²) in [6, 6.07) is 7.64. The van der Waals surface area contributed by atoms with Crippen molar-refractivity contribution in [1.29, 1.82) is 0 Å². The largest absolute Gasteiger partial charge is 0.464 e. The molecule has 92 valence electrons. The molecule has 0 unspecified atom stereocenters. The van der Waals surface area contributed by atoms with Gasteiger partial charge in [0.2, 0.25) is 0 Å². The minimum absolute atomic E-state index is 0.333. The second-order valence-corrected chi connectivity index (χ2v) is 3.82. The van der Waals surface area contributed by atoms with Crippen molar-refractivity contribution in [2.75, 3.05) is 6.61 Å². The van der Waals surface area contributed by atoms with Crippen molar-refractivity contribution in [3.8, 4) is 5.75 Å². The molecule has 0 N–H and O–H groups in total. The molecule has 1 rings (SSSR count). The van der Waals surface area contributed by atoms with Crippen LogP contribution in [0.25, 0.3) is 0 Å². The standard InChI is InChI=1S/C14H18O3/c1-4-9-16-14(15)12(3)10-17-13-8-6-5-7-11(13)2/h5-8,10H,4,9H2,1-3H3. The van der Waals surface area contributed by atoms with Gasteiger partial charge in [0.15, 0.2) is 0 Å². The van der Waals surface area contributed by atoms with Crippen molar-refractivity contribution >= 4 is 5.97 Å². The fourth-order valence-corrected chi connectivity index (χ4v) is 1.20. The summed E-state index contributed by atoms with van der Waals surface area (Å²) in [6.07, 6.45) is 2.25. The van der Waals surface area contributed by atoms with E-state index < -0.39 is 0 Å². The Kier molecular flexibility index (Phi) is 5.27. The van der Waals surface area contributed by atoms with Crippen molar-refractivity contribution in [3.05, 3.63) is 41.7 Å². The Balaban J connectivity index is 2.59. The minimum Gasteiger partial charge on any atom is -0.464 e. The predicted octanol–water partition coefficient (Wildman–Crippen LogP) is 3.23. The first-order chi connectivity index (χ1) is 8.15. The highest BCUT2D eigenvalue weighted by Crippen LogP contribution is 2.16.